The van der Waals surface area contributed by atoms with Crippen molar-refractivity contribution in [3.05, 3.63) is 4.91 Å². The SMILES string of the molecule is CCCCN(CCCCO[C@@H]1O[C@H](C(=O)O)[C@@H](O)[C@H](O)[C@@H]1O)N=O. The number of ether oxygens (including phenoxy) is 2. The van der Waals surface area contributed by atoms with Gasteiger partial charge < -0.3 is 29.9 Å². The first-order valence-corrected chi connectivity index (χ1v) is 8.04. The highest BCUT2D eigenvalue weighted by molar-refractivity contribution is 5.73. The molecule has 0 radical (unpaired) electrons. The van der Waals surface area contributed by atoms with Crippen molar-refractivity contribution in [3.8, 4) is 0 Å². The molecule has 0 aliphatic carbocycles. The summed E-state index contributed by atoms with van der Waals surface area (Å²) in [7, 11) is 0. The lowest BCUT2D eigenvalue weighted by Crippen LogP contribution is -2.60. The number of hydrogen-bond donors (Lipinski definition) is 4. The zero-order chi connectivity index (χ0) is 18.1. The van der Waals surface area contributed by atoms with Crippen LogP contribution in [0.1, 0.15) is 32.6 Å². The second-order valence-electron chi connectivity index (χ2n) is 5.70. The third-order valence-electron chi connectivity index (χ3n) is 3.79. The van der Waals surface area contributed by atoms with Crippen LogP contribution in [0.25, 0.3) is 0 Å². The van der Waals surface area contributed by atoms with E-state index in [0.717, 1.165) is 12.8 Å². The Balaban J connectivity index is 2.33. The second-order valence-corrected chi connectivity index (χ2v) is 5.70. The molecule has 0 spiro atoms. The lowest BCUT2D eigenvalue weighted by atomic mass is 9.99. The van der Waals surface area contributed by atoms with Gasteiger partial charge in [0.1, 0.15) is 18.3 Å². The van der Waals surface area contributed by atoms with Gasteiger partial charge in [-0.05, 0) is 19.3 Å². The van der Waals surface area contributed by atoms with Crippen LogP contribution >= 0.6 is 0 Å². The van der Waals surface area contributed by atoms with E-state index < -0.39 is 36.7 Å². The Bertz CT molecular complexity index is 397. The average molecular weight is 350 g/mol. The second kappa shape index (κ2) is 10.5. The number of carbonyl (C=O) groups is 1. The summed E-state index contributed by atoms with van der Waals surface area (Å²) in [5.74, 6) is -1.45. The summed E-state index contributed by atoms with van der Waals surface area (Å²) in [6, 6.07) is 0. The fourth-order valence-electron chi connectivity index (χ4n) is 2.32. The summed E-state index contributed by atoms with van der Waals surface area (Å²) in [6.45, 7) is 3.22. The monoisotopic (exact) mass is 350 g/mol. The first-order chi connectivity index (χ1) is 11.4. The molecule has 0 unspecified atom stereocenters. The van der Waals surface area contributed by atoms with Crippen LogP contribution in [0.4, 0.5) is 0 Å². The van der Waals surface area contributed by atoms with Crippen LogP contribution in [0.2, 0.25) is 0 Å². The summed E-state index contributed by atoms with van der Waals surface area (Å²) < 4.78 is 10.2. The van der Waals surface area contributed by atoms with Gasteiger partial charge in [-0.1, -0.05) is 13.3 Å². The lowest BCUT2D eigenvalue weighted by Gasteiger charge is -2.38. The maximum absolute atomic E-state index is 11.0. The van der Waals surface area contributed by atoms with Gasteiger partial charge in [0.15, 0.2) is 12.4 Å². The molecule has 0 aromatic carbocycles. The maximum atomic E-state index is 11.0. The summed E-state index contributed by atoms with van der Waals surface area (Å²) in [4.78, 5) is 21.6. The molecule has 1 aliphatic heterocycles. The quantitative estimate of drug-likeness (QED) is 0.219. The Kier molecular flexibility index (Phi) is 9.08. The van der Waals surface area contributed by atoms with Crippen molar-refractivity contribution in [1.82, 2.24) is 5.01 Å². The number of hydrogen-bond acceptors (Lipinski definition) is 8. The van der Waals surface area contributed by atoms with Gasteiger partial charge in [-0.25, -0.2) is 4.79 Å². The van der Waals surface area contributed by atoms with E-state index in [-0.39, 0.29) is 6.61 Å². The summed E-state index contributed by atoms with van der Waals surface area (Å²) in [5.41, 5.74) is 0. The van der Waals surface area contributed by atoms with E-state index in [9.17, 15) is 25.0 Å². The molecule has 1 fully saturated rings. The molecule has 1 rings (SSSR count). The van der Waals surface area contributed by atoms with Crippen LogP contribution in [0, 0.1) is 4.91 Å². The Morgan fingerprint density at radius 3 is 2.38 bits per heavy atom. The Hall–Kier alpha value is -1.33. The van der Waals surface area contributed by atoms with Crippen LogP contribution in [0.3, 0.4) is 0 Å². The molecule has 0 aromatic heterocycles. The fraction of sp³-hybridized carbons (Fsp3) is 0.929. The molecule has 10 nitrogen and oxygen atoms in total. The van der Waals surface area contributed by atoms with Crippen LogP contribution in [-0.2, 0) is 14.3 Å². The van der Waals surface area contributed by atoms with Gasteiger partial charge in [0, 0.05) is 19.7 Å². The van der Waals surface area contributed by atoms with Gasteiger partial charge >= 0.3 is 5.97 Å². The van der Waals surface area contributed by atoms with Crippen molar-refractivity contribution in [1.29, 1.82) is 0 Å². The largest absolute Gasteiger partial charge is 0.479 e. The number of aliphatic carboxylic acids is 1. The van der Waals surface area contributed by atoms with E-state index in [1.165, 1.54) is 5.01 Å². The zero-order valence-electron chi connectivity index (χ0n) is 13.7. The summed E-state index contributed by atoms with van der Waals surface area (Å²) in [5, 5.41) is 42.2. The Morgan fingerprint density at radius 1 is 1.12 bits per heavy atom. The molecule has 24 heavy (non-hydrogen) atoms. The average Bonchev–Trinajstić information content (AvgIpc) is 2.56. The van der Waals surface area contributed by atoms with Crippen molar-refractivity contribution in [2.45, 2.75) is 63.3 Å². The molecule has 140 valence electrons. The van der Waals surface area contributed by atoms with Gasteiger partial charge in [-0.2, -0.15) is 0 Å². The Morgan fingerprint density at radius 2 is 1.79 bits per heavy atom. The van der Waals surface area contributed by atoms with E-state index in [1.54, 1.807) is 0 Å². The van der Waals surface area contributed by atoms with Crippen molar-refractivity contribution in [3.63, 3.8) is 0 Å². The van der Waals surface area contributed by atoms with Crippen molar-refractivity contribution in [2.75, 3.05) is 19.7 Å². The van der Waals surface area contributed by atoms with Crippen molar-refractivity contribution < 1.29 is 34.7 Å². The third-order valence-corrected chi connectivity index (χ3v) is 3.79. The molecule has 1 saturated heterocycles. The minimum absolute atomic E-state index is 0.136. The number of nitrogens with zero attached hydrogens (tertiary/aromatic N) is 2. The number of unbranched alkanes of at least 4 members (excludes halogenated alkanes) is 2. The van der Waals surface area contributed by atoms with Crippen LogP contribution in [0.5, 0.6) is 0 Å². The van der Waals surface area contributed by atoms with Crippen LogP contribution < -0.4 is 0 Å². The highest BCUT2D eigenvalue weighted by Gasteiger charge is 2.47. The van der Waals surface area contributed by atoms with Gasteiger partial charge in [0.25, 0.3) is 0 Å². The molecule has 1 heterocycles. The van der Waals surface area contributed by atoms with Gasteiger partial charge in [-0.15, -0.1) is 4.91 Å². The number of nitroso groups, excluding NO2 is 1. The number of aliphatic hydroxyl groups excluding tert-OH is 3. The molecule has 4 N–H and O–H groups in total. The van der Waals surface area contributed by atoms with Crippen LogP contribution in [0.15, 0.2) is 5.29 Å². The number of carboxylic acids is 1. The standard InChI is InChI=1S/C14H26N2O8/c1-2-3-6-16(15-22)7-4-5-8-23-14-11(19)9(17)10(18)12(24-14)13(20)21/h9-12,14,17-19H,2-8H2,1H3,(H,20,21)/t9-,10-,11-,12-,14+/m0/s1. The summed E-state index contributed by atoms with van der Waals surface area (Å²) in [6.07, 6.45) is -4.98. The van der Waals surface area contributed by atoms with Crippen molar-refractivity contribution in [2.24, 2.45) is 5.29 Å². The zero-order valence-corrected chi connectivity index (χ0v) is 13.7. The molecule has 5 atom stereocenters. The topological polar surface area (TPSA) is 149 Å². The van der Waals surface area contributed by atoms with E-state index in [2.05, 4.69) is 5.29 Å². The first-order valence-electron chi connectivity index (χ1n) is 8.04. The van der Waals surface area contributed by atoms with Crippen molar-refractivity contribution >= 4 is 5.97 Å². The summed E-state index contributed by atoms with van der Waals surface area (Å²) >= 11 is 0. The van der Waals surface area contributed by atoms with E-state index >= 15 is 0 Å². The Labute approximate surface area is 139 Å². The van der Waals surface area contributed by atoms with Gasteiger partial charge in [0.05, 0.1) is 5.29 Å². The molecule has 0 saturated carbocycles. The molecular weight excluding hydrogens is 324 g/mol. The number of rotatable bonds is 11. The lowest BCUT2D eigenvalue weighted by molar-refractivity contribution is -0.294. The van der Waals surface area contributed by atoms with E-state index in [1.807, 2.05) is 6.92 Å². The molecule has 0 aromatic rings. The van der Waals surface area contributed by atoms with E-state index in [0.29, 0.717) is 25.9 Å². The number of aliphatic hydroxyl groups is 3. The first kappa shape index (κ1) is 20.7. The maximum Gasteiger partial charge on any atom is 0.335 e. The minimum atomic E-state index is -1.73. The predicted molar refractivity (Wildman–Crippen MR) is 81.8 cm³/mol. The smallest absolute Gasteiger partial charge is 0.335 e. The van der Waals surface area contributed by atoms with Crippen LogP contribution in [-0.4, -0.2) is 81.8 Å². The fourth-order valence-corrected chi connectivity index (χ4v) is 2.32. The molecule has 1 aliphatic rings. The van der Waals surface area contributed by atoms with Gasteiger partial charge in [-0.3, -0.25) is 5.01 Å². The highest BCUT2D eigenvalue weighted by Crippen LogP contribution is 2.22. The third kappa shape index (κ3) is 5.95. The predicted octanol–water partition coefficient (Wildman–Crippen LogP) is -0.541. The highest BCUT2D eigenvalue weighted by atomic mass is 16.7. The molecule has 0 amide bonds. The molecule has 0 bridgehead atoms. The molecule has 10 heteroatoms. The normalized spacial score (nSPS) is 30.1. The minimum Gasteiger partial charge on any atom is -0.479 e. The van der Waals surface area contributed by atoms with Gasteiger partial charge in [0.2, 0.25) is 0 Å². The number of carboxylic acid groups (broad SMARTS) is 1. The van der Waals surface area contributed by atoms with E-state index in [4.69, 9.17) is 14.6 Å². The molecular formula is C14H26N2O8.